The molecule has 1 N–H and O–H groups in total. The van der Waals surface area contributed by atoms with Gasteiger partial charge in [0.15, 0.2) is 5.13 Å². The molecule has 0 unspecified atom stereocenters. The van der Waals surface area contributed by atoms with Gasteiger partial charge in [-0.15, -0.1) is 11.3 Å². The highest BCUT2D eigenvalue weighted by molar-refractivity contribution is 7.99. The lowest BCUT2D eigenvalue weighted by atomic mass is 9.93. The summed E-state index contributed by atoms with van der Waals surface area (Å²) in [5.41, 5.74) is 1.20. The number of rotatable bonds is 3. The van der Waals surface area contributed by atoms with E-state index in [1.165, 1.54) is 28.8 Å². The Kier molecular flexibility index (Phi) is 3.86. The zero-order valence-corrected chi connectivity index (χ0v) is 11.2. The van der Waals surface area contributed by atoms with Crippen molar-refractivity contribution < 1.29 is 4.79 Å². The number of carbonyl (C=O) groups excluding carboxylic acids is 1. The van der Waals surface area contributed by atoms with Crippen molar-refractivity contribution in [2.45, 2.75) is 26.2 Å². The first-order chi connectivity index (χ1) is 7.69. The van der Waals surface area contributed by atoms with Crippen LogP contribution in [0.5, 0.6) is 0 Å². The van der Waals surface area contributed by atoms with Crippen LogP contribution in [-0.2, 0) is 17.6 Å². The van der Waals surface area contributed by atoms with Crippen LogP contribution in [0.1, 0.15) is 23.9 Å². The largest absolute Gasteiger partial charge is 0.301 e. The van der Waals surface area contributed by atoms with Gasteiger partial charge in [-0.25, -0.2) is 4.98 Å². The Morgan fingerprint density at radius 2 is 2.50 bits per heavy atom. The average Bonchev–Trinajstić information content (AvgIpc) is 2.59. The number of hydrogen-bond acceptors (Lipinski definition) is 4. The summed E-state index contributed by atoms with van der Waals surface area (Å²) in [5.74, 6) is 1.30. The highest BCUT2D eigenvalue weighted by Crippen LogP contribution is 2.31. The molecule has 0 spiro atoms. The molecule has 1 aliphatic rings. The van der Waals surface area contributed by atoms with Crippen LogP contribution in [0.15, 0.2) is 0 Å². The normalized spacial score (nSPS) is 19.2. The molecule has 5 heteroatoms. The van der Waals surface area contributed by atoms with Gasteiger partial charge in [0.05, 0.1) is 11.4 Å². The van der Waals surface area contributed by atoms with Gasteiger partial charge in [0, 0.05) is 4.88 Å². The molecule has 0 saturated carbocycles. The Bertz CT molecular complexity index is 389. The molecule has 1 amide bonds. The number of thioether (sulfide) groups is 1. The number of hydrogen-bond donors (Lipinski definition) is 1. The predicted molar refractivity (Wildman–Crippen MR) is 70.3 cm³/mol. The quantitative estimate of drug-likeness (QED) is 0.903. The van der Waals surface area contributed by atoms with E-state index in [1.807, 2.05) is 6.26 Å². The van der Waals surface area contributed by atoms with Crippen molar-refractivity contribution in [2.75, 3.05) is 17.3 Å². The van der Waals surface area contributed by atoms with E-state index in [9.17, 15) is 4.79 Å². The third-order valence-corrected chi connectivity index (χ3v) is 4.29. The summed E-state index contributed by atoms with van der Waals surface area (Å²) in [7, 11) is 0. The first kappa shape index (κ1) is 11.9. The summed E-state index contributed by atoms with van der Waals surface area (Å²) in [4.78, 5) is 17.3. The SMILES string of the molecule is CSCC(=O)Nc1nc2c(s1)C[C@@H](C)CC2. The lowest BCUT2D eigenvalue weighted by Crippen LogP contribution is -2.13. The topological polar surface area (TPSA) is 42.0 Å². The molecule has 0 aromatic carbocycles. The van der Waals surface area contributed by atoms with Crippen LogP contribution < -0.4 is 5.32 Å². The molecular formula is C11H16N2OS2. The maximum absolute atomic E-state index is 11.4. The van der Waals surface area contributed by atoms with Gasteiger partial charge in [0.25, 0.3) is 0 Å². The molecule has 16 heavy (non-hydrogen) atoms. The van der Waals surface area contributed by atoms with Crippen LogP contribution >= 0.6 is 23.1 Å². The second-order valence-electron chi connectivity index (χ2n) is 4.22. The molecule has 0 fully saturated rings. The number of anilines is 1. The molecule has 0 bridgehead atoms. The molecule has 2 rings (SSSR count). The molecule has 1 aromatic heterocycles. The van der Waals surface area contributed by atoms with E-state index in [0.29, 0.717) is 5.75 Å². The maximum Gasteiger partial charge on any atom is 0.236 e. The first-order valence-electron chi connectivity index (χ1n) is 5.46. The minimum absolute atomic E-state index is 0.0478. The fourth-order valence-electron chi connectivity index (χ4n) is 1.88. The van der Waals surface area contributed by atoms with Crippen molar-refractivity contribution in [1.29, 1.82) is 0 Å². The van der Waals surface area contributed by atoms with Crippen LogP contribution in [0.3, 0.4) is 0 Å². The fourth-order valence-corrected chi connectivity index (χ4v) is 3.40. The molecule has 1 aliphatic carbocycles. The molecule has 0 radical (unpaired) electrons. The number of amides is 1. The maximum atomic E-state index is 11.4. The van der Waals surface area contributed by atoms with E-state index in [4.69, 9.17) is 0 Å². The van der Waals surface area contributed by atoms with E-state index >= 15 is 0 Å². The number of nitrogens with one attached hydrogen (secondary N) is 1. The van der Waals surface area contributed by atoms with Crippen molar-refractivity contribution in [3.63, 3.8) is 0 Å². The Labute approximate surface area is 104 Å². The molecule has 3 nitrogen and oxygen atoms in total. The second-order valence-corrected chi connectivity index (χ2v) is 6.17. The van der Waals surface area contributed by atoms with E-state index < -0.39 is 0 Å². The molecule has 0 aliphatic heterocycles. The van der Waals surface area contributed by atoms with Crippen LogP contribution in [0, 0.1) is 5.92 Å². The summed E-state index contributed by atoms with van der Waals surface area (Å²) in [5, 5.41) is 3.64. The minimum Gasteiger partial charge on any atom is -0.301 e. The Balaban J connectivity index is 2.04. The van der Waals surface area contributed by atoms with Crippen LogP contribution in [0.25, 0.3) is 0 Å². The smallest absolute Gasteiger partial charge is 0.236 e. The van der Waals surface area contributed by atoms with Crippen molar-refractivity contribution in [3.8, 4) is 0 Å². The molecule has 1 atom stereocenters. The minimum atomic E-state index is 0.0478. The number of nitrogens with zero attached hydrogens (tertiary/aromatic N) is 1. The molecular weight excluding hydrogens is 240 g/mol. The third-order valence-electron chi connectivity index (χ3n) is 2.71. The van der Waals surface area contributed by atoms with E-state index in [1.54, 1.807) is 11.3 Å². The van der Waals surface area contributed by atoms with E-state index in [0.717, 1.165) is 23.9 Å². The van der Waals surface area contributed by atoms with Gasteiger partial charge >= 0.3 is 0 Å². The lowest BCUT2D eigenvalue weighted by Gasteiger charge is -2.15. The Hall–Kier alpha value is -0.550. The molecule has 0 saturated heterocycles. The molecule has 1 aromatic rings. The van der Waals surface area contributed by atoms with Gasteiger partial charge in [-0.05, 0) is 31.4 Å². The fraction of sp³-hybridized carbons (Fsp3) is 0.636. The van der Waals surface area contributed by atoms with Crippen molar-refractivity contribution in [1.82, 2.24) is 4.98 Å². The summed E-state index contributed by atoms with van der Waals surface area (Å²) in [6.07, 6.45) is 5.32. The van der Waals surface area contributed by atoms with Gasteiger partial charge < -0.3 is 5.32 Å². The van der Waals surface area contributed by atoms with E-state index in [2.05, 4.69) is 17.2 Å². The van der Waals surface area contributed by atoms with Gasteiger partial charge in [0.1, 0.15) is 0 Å². The summed E-state index contributed by atoms with van der Waals surface area (Å²) < 4.78 is 0. The highest BCUT2D eigenvalue weighted by Gasteiger charge is 2.20. The number of carbonyl (C=O) groups is 1. The zero-order chi connectivity index (χ0) is 11.5. The summed E-state index contributed by atoms with van der Waals surface area (Å²) in [6, 6.07) is 0. The highest BCUT2D eigenvalue weighted by atomic mass is 32.2. The van der Waals surface area contributed by atoms with Crippen LogP contribution in [0.2, 0.25) is 0 Å². The van der Waals surface area contributed by atoms with Crippen LogP contribution in [-0.4, -0.2) is 22.9 Å². The van der Waals surface area contributed by atoms with E-state index in [-0.39, 0.29) is 5.91 Å². The lowest BCUT2D eigenvalue weighted by molar-refractivity contribution is -0.113. The van der Waals surface area contributed by atoms with Gasteiger partial charge in [0.2, 0.25) is 5.91 Å². The third kappa shape index (κ3) is 2.77. The zero-order valence-electron chi connectivity index (χ0n) is 9.58. The standard InChI is InChI=1S/C11H16N2OS2/c1-7-3-4-8-9(5-7)16-11(12-8)13-10(14)6-15-2/h7H,3-6H2,1-2H3,(H,12,13,14)/t7-/m0/s1. The molecule has 1 heterocycles. The summed E-state index contributed by atoms with van der Waals surface area (Å²) in [6.45, 7) is 2.27. The Morgan fingerprint density at radius 1 is 1.69 bits per heavy atom. The number of fused-ring (bicyclic) bond motifs is 1. The number of thiazole rings is 1. The average molecular weight is 256 g/mol. The van der Waals surface area contributed by atoms with Gasteiger partial charge in [-0.2, -0.15) is 11.8 Å². The monoisotopic (exact) mass is 256 g/mol. The first-order valence-corrected chi connectivity index (χ1v) is 7.67. The van der Waals surface area contributed by atoms with Crippen molar-refractivity contribution in [2.24, 2.45) is 5.92 Å². The second kappa shape index (κ2) is 5.19. The number of aryl methyl sites for hydroxylation is 1. The molecule has 88 valence electrons. The van der Waals surface area contributed by atoms with Crippen LogP contribution in [0.4, 0.5) is 5.13 Å². The summed E-state index contributed by atoms with van der Waals surface area (Å²) >= 11 is 3.17. The van der Waals surface area contributed by atoms with Gasteiger partial charge in [-0.1, -0.05) is 6.92 Å². The van der Waals surface area contributed by atoms with Gasteiger partial charge in [-0.3, -0.25) is 4.79 Å². The predicted octanol–water partition coefficient (Wildman–Crippen LogP) is 2.57. The van der Waals surface area contributed by atoms with Crippen molar-refractivity contribution >= 4 is 34.1 Å². The Morgan fingerprint density at radius 3 is 3.25 bits per heavy atom. The number of aromatic nitrogens is 1. The van der Waals surface area contributed by atoms with Crippen molar-refractivity contribution in [3.05, 3.63) is 10.6 Å².